The van der Waals surface area contributed by atoms with E-state index < -0.39 is 5.92 Å². The number of alkyl halides is 2. The first-order chi connectivity index (χ1) is 7.44. The van der Waals surface area contributed by atoms with Gasteiger partial charge in [0.1, 0.15) is 0 Å². The highest BCUT2D eigenvalue weighted by Gasteiger charge is 2.37. The summed E-state index contributed by atoms with van der Waals surface area (Å²) in [5.74, 6) is -1.88. The summed E-state index contributed by atoms with van der Waals surface area (Å²) in [5.41, 5.74) is 0. The van der Waals surface area contributed by atoms with Crippen molar-refractivity contribution in [2.75, 3.05) is 0 Å². The molecule has 1 aliphatic carbocycles. The summed E-state index contributed by atoms with van der Waals surface area (Å²) in [6.07, 6.45) is 3.49. The number of hydrogen-bond donors (Lipinski definition) is 1. The Hall–Kier alpha value is -0.180. The molecule has 3 heteroatoms. The van der Waals surface area contributed by atoms with Gasteiger partial charge in [0.2, 0.25) is 5.92 Å². The molecule has 1 nitrogen and oxygen atoms in total. The third-order valence-corrected chi connectivity index (χ3v) is 3.73. The largest absolute Gasteiger partial charge is 0.393 e. The monoisotopic (exact) mass is 234 g/mol. The Kier molecular flexibility index (Phi) is 5.16. The van der Waals surface area contributed by atoms with Crippen LogP contribution in [-0.4, -0.2) is 17.1 Å². The van der Waals surface area contributed by atoms with Crippen LogP contribution in [0.3, 0.4) is 0 Å². The van der Waals surface area contributed by atoms with E-state index in [1.807, 2.05) is 0 Å². The van der Waals surface area contributed by atoms with Gasteiger partial charge in [-0.25, -0.2) is 8.78 Å². The van der Waals surface area contributed by atoms with Crippen molar-refractivity contribution in [3.63, 3.8) is 0 Å². The minimum atomic E-state index is -2.48. The van der Waals surface area contributed by atoms with Crippen LogP contribution in [0.1, 0.15) is 58.8 Å². The lowest BCUT2D eigenvalue weighted by atomic mass is 9.80. The van der Waals surface area contributed by atoms with Gasteiger partial charge in [-0.2, -0.15) is 0 Å². The Morgan fingerprint density at radius 3 is 2.38 bits per heavy atom. The molecule has 0 aromatic rings. The summed E-state index contributed by atoms with van der Waals surface area (Å²) >= 11 is 0. The van der Waals surface area contributed by atoms with Crippen molar-refractivity contribution in [2.45, 2.75) is 70.8 Å². The Morgan fingerprint density at radius 1 is 1.31 bits per heavy atom. The fourth-order valence-corrected chi connectivity index (χ4v) is 2.66. The first-order valence-corrected chi connectivity index (χ1v) is 6.50. The zero-order valence-corrected chi connectivity index (χ0v) is 10.4. The van der Waals surface area contributed by atoms with E-state index in [0.29, 0.717) is 18.8 Å². The smallest absolute Gasteiger partial charge is 0.248 e. The third kappa shape index (κ3) is 4.36. The van der Waals surface area contributed by atoms with Crippen LogP contribution in [0.15, 0.2) is 0 Å². The lowest BCUT2D eigenvalue weighted by Crippen LogP contribution is -2.31. The molecule has 2 unspecified atom stereocenters. The molecule has 0 bridgehead atoms. The van der Waals surface area contributed by atoms with E-state index in [1.54, 1.807) is 0 Å². The molecule has 1 saturated carbocycles. The third-order valence-electron chi connectivity index (χ3n) is 3.73. The van der Waals surface area contributed by atoms with Crippen LogP contribution in [-0.2, 0) is 0 Å². The van der Waals surface area contributed by atoms with Gasteiger partial charge in [-0.05, 0) is 31.1 Å². The van der Waals surface area contributed by atoms with E-state index in [4.69, 9.17) is 0 Å². The first-order valence-electron chi connectivity index (χ1n) is 6.50. The minimum Gasteiger partial charge on any atom is -0.393 e. The molecule has 2 atom stereocenters. The number of aliphatic hydroxyl groups is 1. The maximum atomic E-state index is 12.9. The molecule has 1 N–H and O–H groups in total. The van der Waals surface area contributed by atoms with E-state index in [-0.39, 0.29) is 24.9 Å². The lowest BCUT2D eigenvalue weighted by molar-refractivity contribution is -0.0645. The maximum absolute atomic E-state index is 12.9. The van der Waals surface area contributed by atoms with E-state index in [0.717, 1.165) is 19.3 Å². The summed E-state index contributed by atoms with van der Waals surface area (Å²) < 4.78 is 25.9. The van der Waals surface area contributed by atoms with Crippen LogP contribution in [0.25, 0.3) is 0 Å². The van der Waals surface area contributed by atoms with Crippen LogP contribution in [0.2, 0.25) is 0 Å². The van der Waals surface area contributed by atoms with Crippen molar-refractivity contribution in [2.24, 2.45) is 11.8 Å². The Balaban J connectivity index is 2.30. The van der Waals surface area contributed by atoms with E-state index >= 15 is 0 Å². The fourth-order valence-electron chi connectivity index (χ4n) is 2.66. The van der Waals surface area contributed by atoms with Gasteiger partial charge < -0.3 is 5.11 Å². The van der Waals surface area contributed by atoms with Crippen LogP contribution >= 0.6 is 0 Å². The van der Waals surface area contributed by atoms with Crippen molar-refractivity contribution in [3.05, 3.63) is 0 Å². The lowest BCUT2D eigenvalue weighted by Gasteiger charge is -2.32. The van der Waals surface area contributed by atoms with Gasteiger partial charge in [-0.15, -0.1) is 0 Å². The van der Waals surface area contributed by atoms with Crippen LogP contribution in [0, 0.1) is 11.8 Å². The summed E-state index contributed by atoms with van der Waals surface area (Å²) in [4.78, 5) is 0. The molecule has 1 fully saturated rings. The minimum absolute atomic E-state index is 0.0448. The second-order valence-corrected chi connectivity index (χ2v) is 5.39. The molecular weight excluding hydrogens is 210 g/mol. The molecule has 0 spiro atoms. The summed E-state index contributed by atoms with van der Waals surface area (Å²) in [6.45, 7) is 4.26. The molecule has 0 aliphatic heterocycles. The molecule has 1 aliphatic rings. The quantitative estimate of drug-likeness (QED) is 0.762. The zero-order chi connectivity index (χ0) is 12.2. The summed E-state index contributed by atoms with van der Waals surface area (Å²) in [5, 5.41) is 10.00. The Labute approximate surface area is 97.2 Å². The van der Waals surface area contributed by atoms with Crippen molar-refractivity contribution in [1.82, 2.24) is 0 Å². The number of rotatable bonds is 5. The van der Waals surface area contributed by atoms with Crippen LogP contribution < -0.4 is 0 Å². The normalized spacial score (nSPS) is 25.3. The molecule has 0 radical (unpaired) electrons. The van der Waals surface area contributed by atoms with Crippen molar-refractivity contribution >= 4 is 0 Å². The number of aliphatic hydroxyl groups excluding tert-OH is 1. The van der Waals surface area contributed by atoms with Gasteiger partial charge >= 0.3 is 0 Å². The van der Waals surface area contributed by atoms with Gasteiger partial charge in [-0.1, -0.05) is 26.7 Å². The van der Waals surface area contributed by atoms with Gasteiger partial charge in [-0.3, -0.25) is 0 Å². The van der Waals surface area contributed by atoms with Crippen molar-refractivity contribution in [3.8, 4) is 0 Å². The van der Waals surface area contributed by atoms with Gasteiger partial charge in [0, 0.05) is 12.8 Å². The SMILES string of the molecule is CCCC(C)CC(O)C1CCC(F)(F)CC1. The van der Waals surface area contributed by atoms with Gasteiger partial charge in [0.25, 0.3) is 0 Å². The molecule has 16 heavy (non-hydrogen) atoms. The molecule has 0 saturated heterocycles. The molecule has 0 aromatic carbocycles. The first kappa shape index (κ1) is 13.9. The molecule has 0 aromatic heterocycles. The summed E-state index contributed by atoms with van der Waals surface area (Å²) in [7, 11) is 0. The molecular formula is C13H24F2O. The predicted molar refractivity (Wildman–Crippen MR) is 61.6 cm³/mol. The highest BCUT2D eigenvalue weighted by atomic mass is 19.3. The molecule has 1 rings (SSSR count). The van der Waals surface area contributed by atoms with E-state index in [9.17, 15) is 13.9 Å². The van der Waals surface area contributed by atoms with Crippen LogP contribution in [0.4, 0.5) is 8.78 Å². The van der Waals surface area contributed by atoms with Crippen LogP contribution in [0.5, 0.6) is 0 Å². The topological polar surface area (TPSA) is 20.2 Å². The van der Waals surface area contributed by atoms with E-state index in [2.05, 4.69) is 13.8 Å². The molecule has 96 valence electrons. The van der Waals surface area contributed by atoms with E-state index in [1.165, 1.54) is 0 Å². The fraction of sp³-hybridized carbons (Fsp3) is 1.00. The Morgan fingerprint density at radius 2 is 1.88 bits per heavy atom. The highest BCUT2D eigenvalue weighted by Crippen LogP contribution is 2.38. The van der Waals surface area contributed by atoms with Gasteiger partial charge in [0.05, 0.1) is 6.10 Å². The molecule has 0 amide bonds. The van der Waals surface area contributed by atoms with Crippen molar-refractivity contribution in [1.29, 1.82) is 0 Å². The van der Waals surface area contributed by atoms with Crippen molar-refractivity contribution < 1.29 is 13.9 Å². The summed E-state index contributed by atoms with van der Waals surface area (Å²) in [6, 6.07) is 0. The zero-order valence-electron chi connectivity index (χ0n) is 10.4. The average Bonchev–Trinajstić information content (AvgIpc) is 2.17. The molecule has 0 heterocycles. The number of halogens is 2. The maximum Gasteiger partial charge on any atom is 0.248 e. The Bertz CT molecular complexity index is 196. The number of hydrogen-bond acceptors (Lipinski definition) is 1. The second-order valence-electron chi connectivity index (χ2n) is 5.39. The highest BCUT2D eigenvalue weighted by molar-refractivity contribution is 4.81. The average molecular weight is 234 g/mol. The predicted octanol–water partition coefficient (Wildman–Crippen LogP) is 4.00. The van der Waals surface area contributed by atoms with Gasteiger partial charge in [0.15, 0.2) is 0 Å². The standard InChI is InChI=1S/C13H24F2O/c1-3-4-10(2)9-12(16)11-5-7-13(14,15)8-6-11/h10-12,16H,3-9H2,1-2H3. The second kappa shape index (κ2) is 5.95.